The number of rotatable bonds is 7. The van der Waals surface area contributed by atoms with Crippen LogP contribution in [0.3, 0.4) is 0 Å². The molecular formula is C24H27N5O2S. The molecule has 0 amide bonds. The van der Waals surface area contributed by atoms with Gasteiger partial charge in [-0.2, -0.15) is 0 Å². The zero-order chi connectivity index (χ0) is 22.7. The van der Waals surface area contributed by atoms with Crippen molar-refractivity contribution in [3.8, 4) is 0 Å². The quantitative estimate of drug-likeness (QED) is 0.437. The number of esters is 1. The molecule has 32 heavy (non-hydrogen) atoms. The summed E-state index contributed by atoms with van der Waals surface area (Å²) in [5, 5.41) is 4.06. The van der Waals surface area contributed by atoms with E-state index >= 15 is 0 Å². The van der Waals surface area contributed by atoms with E-state index in [0.717, 1.165) is 12.2 Å². The first-order valence-corrected chi connectivity index (χ1v) is 11.0. The van der Waals surface area contributed by atoms with Gasteiger partial charge in [0, 0.05) is 43.1 Å². The van der Waals surface area contributed by atoms with Crippen LogP contribution < -0.4 is 5.32 Å². The smallest absolute Gasteiger partial charge is 0.307 e. The van der Waals surface area contributed by atoms with Crippen molar-refractivity contribution in [2.24, 2.45) is 0 Å². The molecule has 3 aromatic rings. The summed E-state index contributed by atoms with van der Waals surface area (Å²) in [5.74, 6) is -0.254. The van der Waals surface area contributed by atoms with Crippen LogP contribution in [0.5, 0.6) is 0 Å². The van der Waals surface area contributed by atoms with Crippen molar-refractivity contribution in [3.05, 3.63) is 83.2 Å². The van der Waals surface area contributed by atoms with Gasteiger partial charge in [0.05, 0.1) is 31.3 Å². The molecule has 0 bridgehead atoms. The maximum absolute atomic E-state index is 11.9. The topological polar surface area (TPSA) is 72.3 Å². The Morgan fingerprint density at radius 2 is 1.97 bits per heavy atom. The average Bonchev–Trinajstić information content (AvgIpc) is 3.29. The summed E-state index contributed by atoms with van der Waals surface area (Å²) in [6.45, 7) is 5.49. The van der Waals surface area contributed by atoms with Gasteiger partial charge < -0.3 is 19.5 Å². The lowest BCUT2D eigenvalue weighted by molar-refractivity contribution is -0.140. The number of methoxy groups -OCH3 is 1. The van der Waals surface area contributed by atoms with Crippen molar-refractivity contribution in [1.29, 1.82) is 0 Å². The second-order valence-corrected chi connectivity index (χ2v) is 8.30. The number of hydrogen-bond donors (Lipinski definition) is 1. The van der Waals surface area contributed by atoms with E-state index in [1.54, 1.807) is 6.20 Å². The highest BCUT2D eigenvalue weighted by molar-refractivity contribution is 7.80. The van der Waals surface area contributed by atoms with Crippen LogP contribution in [-0.2, 0) is 16.1 Å². The van der Waals surface area contributed by atoms with Gasteiger partial charge in [0.25, 0.3) is 0 Å². The van der Waals surface area contributed by atoms with Crippen molar-refractivity contribution in [2.45, 2.75) is 38.9 Å². The first-order valence-electron chi connectivity index (χ1n) is 10.6. The van der Waals surface area contributed by atoms with E-state index < -0.39 is 0 Å². The van der Waals surface area contributed by atoms with Gasteiger partial charge in [-0.1, -0.05) is 6.07 Å². The number of aryl methyl sites for hydroxylation is 1. The number of nitrogens with one attached hydrogen (secondary N) is 1. The molecule has 2 atom stereocenters. The van der Waals surface area contributed by atoms with Crippen LogP contribution in [0.4, 0.5) is 0 Å². The van der Waals surface area contributed by atoms with Gasteiger partial charge in [-0.05, 0) is 67.5 Å². The highest BCUT2D eigenvalue weighted by Gasteiger charge is 2.41. The number of ether oxygens (including phenoxy) is 1. The molecule has 0 aliphatic carbocycles. The van der Waals surface area contributed by atoms with E-state index in [9.17, 15) is 4.79 Å². The monoisotopic (exact) mass is 449 g/mol. The van der Waals surface area contributed by atoms with Crippen LogP contribution in [0.15, 0.2) is 55.0 Å². The largest absolute Gasteiger partial charge is 0.469 e. The molecule has 4 rings (SSSR count). The molecular weight excluding hydrogens is 422 g/mol. The van der Waals surface area contributed by atoms with Gasteiger partial charge in [-0.15, -0.1) is 0 Å². The van der Waals surface area contributed by atoms with E-state index in [1.165, 1.54) is 29.6 Å². The molecule has 166 valence electrons. The van der Waals surface area contributed by atoms with Crippen molar-refractivity contribution < 1.29 is 9.53 Å². The van der Waals surface area contributed by atoms with Gasteiger partial charge in [0.1, 0.15) is 0 Å². The molecule has 1 aliphatic heterocycles. The molecule has 0 radical (unpaired) electrons. The number of carbonyl (C=O) groups is 1. The molecule has 0 unspecified atom stereocenters. The Kier molecular flexibility index (Phi) is 6.50. The molecule has 3 aromatic heterocycles. The number of thiocarbonyl (C=S) groups is 1. The predicted molar refractivity (Wildman–Crippen MR) is 126 cm³/mol. The Morgan fingerprint density at radius 3 is 2.66 bits per heavy atom. The molecule has 1 fully saturated rings. The predicted octanol–water partition coefficient (Wildman–Crippen LogP) is 3.48. The SMILES string of the molecule is COC(=O)CCN1C(=S)N[C@@H](c2ccccn2)[C@@H]1c1cc(C)n(Cc2ccncc2)c1C. The molecule has 1 aliphatic rings. The first kappa shape index (κ1) is 22.0. The third kappa shape index (κ3) is 4.36. The lowest BCUT2D eigenvalue weighted by Gasteiger charge is -2.28. The van der Waals surface area contributed by atoms with Crippen LogP contribution >= 0.6 is 12.2 Å². The third-order valence-corrected chi connectivity index (χ3v) is 6.36. The fourth-order valence-corrected chi connectivity index (χ4v) is 4.67. The minimum Gasteiger partial charge on any atom is -0.469 e. The number of carbonyl (C=O) groups excluding carboxylic acids is 1. The van der Waals surface area contributed by atoms with Crippen LogP contribution in [0.2, 0.25) is 0 Å². The Balaban J connectivity index is 1.73. The maximum Gasteiger partial charge on any atom is 0.307 e. The Labute approximate surface area is 193 Å². The van der Waals surface area contributed by atoms with E-state index in [4.69, 9.17) is 17.0 Å². The van der Waals surface area contributed by atoms with Gasteiger partial charge in [-0.3, -0.25) is 14.8 Å². The summed E-state index contributed by atoms with van der Waals surface area (Å²) in [7, 11) is 1.41. The second-order valence-electron chi connectivity index (χ2n) is 7.91. The minimum absolute atomic E-state index is 0.0838. The molecule has 0 saturated carbocycles. The lowest BCUT2D eigenvalue weighted by Crippen LogP contribution is -2.32. The van der Waals surface area contributed by atoms with E-state index in [-0.39, 0.29) is 24.5 Å². The van der Waals surface area contributed by atoms with Gasteiger partial charge in [-0.25, -0.2) is 0 Å². The molecule has 0 aromatic carbocycles. The number of aromatic nitrogens is 3. The van der Waals surface area contributed by atoms with E-state index in [2.05, 4.69) is 44.7 Å². The first-order chi connectivity index (χ1) is 15.5. The van der Waals surface area contributed by atoms with E-state index in [0.29, 0.717) is 11.7 Å². The minimum atomic E-state index is -0.254. The summed E-state index contributed by atoms with van der Waals surface area (Å²) in [6, 6.07) is 12.0. The summed E-state index contributed by atoms with van der Waals surface area (Å²) in [4.78, 5) is 22.7. The van der Waals surface area contributed by atoms with Crippen LogP contribution in [0, 0.1) is 13.8 Å². The van der Waals surface area contributed by atoms with Crippen LogP contribution in [0.25, 0.3) is 0 Å². The third-order valence-electron chi connectivity index (χ3n) is 6.00. The Morgan fingerprint density at radius 1 is 1.19 bits per heavy atom. The summed E-state index contributed by atoms with van der Waals surface area (Å²) >= 11 is 5.69. The highest BCUT2D eigenvalue weighted by atomic mass is 32.1. The van der Waals surface area contributed by atoms with Gasteiger partial charge >= 0.3 is 5.97 Å². The average molecular weight is 450 g/mol. The zero-order valence-corrected chi connectivity index (χ0v) is 19.3. The summed E-state index contributed by atoms with van der Waals surface area (Å²) in [6.07, 6.45) is 5.69. The van der Waals surface area contributed by atoms with Gasteiger partial charge in [0.15, 0.2) is 5.11 Å². The normalized spacial score (nSPS) is 18.0. The standard InChI is InChI=1S/C24H27N5O2S/c1-16-14-19(17(2)29(16)15-18-7-11-25-12-8-18)23-22(20-6-4-5-10-26-20)27-24(32)28(23)13-9-21(30)31-3/h4-8,10-12,14,22-23H,9,13,15H2,1-3H3,(H,27,32)/t22-,23-/m0/s1. The Bertz CT molecular complexity index is 1100. The summed E-state index contributed by atoms with van der Waals surface area (Å²) in [5.41, 5.74) is 5.61. The molecule has 8 heteroatoms. The molecule has 4 heterocycles. The van der Waals surface area contributed by atoms with Crippen LogP contribution in [-0.4, -0.2) is 44.2 Å². The number of hydrogen-bond acceptors (Lipinski definition) is 5. The Hall–Kier alpha value is -3.26. The van der Waals surface area contributed by atoms with Crippen molar-refractivity contribution in [2.75, 3.05) is 13.7 Å². The van der Waals surface area contributed by atoms with Crippen molar-refractivity contribution >= 4 is 23.3 Å². The fraction of sp³-hybridized carbons (Fsp3) is 0.333. The summed E-state index contributed by atoms with van der Waals surface area (Å²) < 4.78 is 7.17. The molecule has 1 saturated heterocycles. The number of pyridine rings is 2. The zero-order valence-electron chi connectivity index (χ0n) is 18.5. The maximum atomic E-state index is 11.9. The molecule has 7 nitrogen and oxygen atoms in total. The van der Waals surface area contributed by atoms with Crippen molar-refractivity contribution in [3.63, 3.8) is 0 Å². The second kappa shape index (κ2) is 9.48. The van der Waals surface area contributed by atoms with Crippen molar-refractivity contribution in [1.82, 2.24) is 24.8 Å². The molecule has 1 N–H and O–H groups in total. The van der Waals surface area contributed by atoms with Gasteiger partial charge in [0.2, 0.25) is 0 Å². The highest BCUT2D eigenvalue weighted by Crippen LogP contribution is 2.41. The van der Waals surface area contributed by atoms with Crippen LogP contribution in [0.1, 0.15) is 46.7 Å². The van der Waals surface area contributed by atoms with E-state index in [1.807, 2.05) is 42.7 Å². The number of nitrogens with zero attached hydrogens (tertiary/aromatic N) is 4. The molecule has 0 spiro atoms. The lowest BCUT2D eigenvalue weighted by atomic mass is 9.96. The fourth-order valence-electron chi connectivity index (χ4n) is 4.34.